The van der Waals surface area contributed by atoms with Crippen LogP contribution in [-0.4, -0.2) is 16.3 Å². The molecule has 1 heterocycles. The molecule has 110 valence electrons. The predicted octanol–water partition coefficient (Wildman–Crippen LogP) is 4.62. The molecular weight excluding hydrogens is 318 g/mol. The van der Waals surface area contributed by atoms with Crippen LogP contribution in [0.15, 0.2) is 59.0 Å². The van der Waals surface area contributed by atoms with Gasteiger partial charge in [0.05, 0.1) is 16.9 Å². The first kappa shape index (κ1) is 14.6. The minimum absolute atomic E-state index is 0.0548. The van der Waals surface area contributed by atoms with Gasteiger partial charge in [-0.2, -0.15) is 5.10 Å². The summed E-state index contributed by atoms with van der Waals surface area (Å²) in [6, 6.07) is 14.9. The second kappa shape index (κ2) is 6.60. The monoisotopic (exact) mass is 329 g/mol. The highest BCUT2D eigenvalue weighted by Crippen LogP contribution is 2.25. The Morgan fingerprint density at radius 3 is 2.77 bits per heavy atom. The predicted molar refractivity (Wildman–Crippen MR) is 91.9 cm³/mol. The summed E-state index contributed by atoms with van der Waals surface area (Å²) in [6.45, 7) is 0. The Labute approximate surface area is 136 Å². The number of aromatic hydroxyl groups is 1. The lowest BCUT2D eigenvalue weighted by molar-refractivity contribution is 0.475. The van der Waals surface area contributed by atoms with E-state index in [1.807, 2.05) is 35.7 Å². The smallest absolute Gasteiger partial charge is 0.203 e. The van der Waals surface area contributed by atoms with E-state index in [0.717, 1.165) is 16.8 Å². The Morgan fingerprint density at radius 2 is 2.00 bits per heavy atom. The van der Waals surface area contributed by atoms with Crippen LogP contribution in [0.25, 0.3) is 11.3 Å². The number of aromatic nitrogens is 1. The number of rotatable bonds is 4. The van der Waals surface area contributed by atoms with Gasteiger partial charge in [0.1, 0.15) is 5.75 Å². The maximum Gasteiger partial charge on any atom is 0.203 e. The van der Waals surface area contributed by atoms with Gasteiger partial charge in [-0.05, 0) is 23.8 Å². The van der Waals surface area contributed by atoms with E-state index in [-0.39, 0.29) is 5.75 Å². The van der Waals surface area contributed by atoms with Crippen LogP contribution in [0.4, 0.5) is 5.13 Å². The number of halogens is 1. The first-order chi connectivity index (χ1) is 10.7. The Morgan fingerprint density at radius 1 is 1.18 bits per heavy atom. The number of hydrogen-bond acceptors (Lipinski definition) is 5. The number of nitrogens with zero attached hydrogens (tertiary/aromatic N) is 2. The van der Waals surface area contributed by atoms with Crippen molar-refractivity contribution in [2.24, 2.45) is 5.10 Å². The fourth-order valence-electron chi connectivity index (χ4n) is 1.83. The van der Waals surface area contributed by atoms with Gasteiger partial charge in [-0.15, -0.1) is 11.3 Å². The Kier molecular flexibility index (Phi) is 4.37. The molecule has 6 heteroatoms. The maximum atomic E-state index is 9.36. The van der Waals surface area contributed by atoms with E-state index in [1.54, 1.807) is 18.3 Å². The molecule has 0 fully saturated rings. The summed E-state index contributed by atoms with van der Waals surface area (Å²) in [7, 11) is 0. The van der Waals surface area contributed by atoms with Crippen molar-refractivity contribution in [3.8, 4) is 17.0 Å². The van der Waals surface area contributed by atoms with E-state index in [9.17, 15) is 5.11 Å². The second-order valence-corrected chi connectivity index (χ2v) is 5.75. The Balaban J connectivity index is 1.68. The lowest BCUT2D eigenvalue weighted by Crippen LogP contribution is -1.90. The van der Waals surface area contributed by atoms with Gasteiger partial charge in [0.15, 0.2) is 0 Å². The molecule has 2 aromatic carbocycles. The standard InChI is InChI=1S/C16H12ClN3OS/c17-13-8-11(6-7-15(13)21)9-18-20-16-19-14(10-22-16)12-4-2-1-3-5-12/h1-10,21H,(H,19,20)/b18-9-. The SMILES string of the molecule is Oc1ccc(/C=N\Nc2nc(-c3ccccc3)cs2)cc1Cl. The van der Waals surface area contributed by atoms with Crippen molar-refractivity contribution in [1.82, 2.24) is 4.98 Å². The molecule has 0 aliphatic rings. The van der Waals surface area contributed by atoms with Gasteiger partial charge >= 0.3 is 0 Å². The van der Waals surface area contributed by atoms with E-state index in [0.29, 0.717) is 10.2 Å². The van der Waals surface area contributed by atoms with E-state index >= 15 is 0 Å². The molecule has 1 aromatic heterocycles. The van der Waals surface area contributed by atoms with Gasteiger partial charge in [0.25, 0.3) is 0 Å². The summed E-state index contributed by atoms with van der Waals surface area (Å²) < 4.78 is 0. The summed E-state index contributed by atoms with van der Waals surface area (Å²) in [5.41, 5.74) is 5.66. The molecule has 22 heavy (non-hydrogen) atoms. The number of benzene rings is 2. The van der Waals surface area contributed by atoms with Gasteiger partial charge in [0, 0.05) is 10.9 Å². The minimum Gasteiger partial charge on any atom is -0.506 e. The Hall–Kier alpha value is -2.37. The molecule has 0 atom stereocenters. The van der Waals surface area contributed by atoms with Gasteiger partial charge in [0.2, 0.25) is 5.13 Å². The zero-order valence-corrected chi connectivity index (χ0v) is 13.0. The summed E-state index contributed by atoms with van der Waals surface area (Å²) >= 11 is 7.32. The molecule has 0 spiro atoms. The second-order valence-electron chi connectivity index (χ2n) is 4.48. The van der Waals surface area contributed by atoms with E-state index in [2.05, 4.69) is 15.5 Å². The van der Waals surface area contributed by atoms with Gasteiger partial charge in [-0.1, -0.05) is 41.9 Å². The fraction of sp³-hybridized carbons (Fsp3) is 0. The number of phenolic OH excluding ortho intramolecular Hbond substituents is 1. The summed E-state index contributed by atoms with van der Waals surface area (Å²) in [6.07, 6.45) is 1.62. The van der Waals surface area contributed by atoms with Crippen LogP contribution in [0, 0.1) is 0 Å². The third-order valence-electron chi connectivity index (χ3n) is 2.92. The molecule has 0 amide bonds. The number of hydrazone groups is 1. The van der Waals surface area contributed by atoms with Gasteiger partial charge in [-0.25, -0.2) is 4.98 Å². The molecule has 0 radical (unpaired) electrons. The highest BCUT2D eigenvalue weighted by Gasteiger charge is 2.03. The largest absolute Gasteiger partial charge is 0.506 e. The molecule has 0 bridgehead atoms. The third kappa shape index (κ3) is 3.44. The number of thiazole rings is 1. The van der Waals surface area contributed by atoms with Crippen LogP contribution in [0.3, 0.4) is 0 Å². The van der Waals surface area contributed by atoms with Crippen molar-refractivity contribution < 1.29 is 5.11 Å². The molecule has 0 unspecified atom stereocenters. The first-order valence-corrected chi connectivity index (χ1v) is 7.77. The molecule has 3 aromatic rings. The number of phenols is 1. The topological polar surface area (TPSA) is 57.5 Å². The highest BCUT2D eigenvalue weighted by molar-refractivity contribution is 7.14. The maximum absolute atomic E-state index is 9.36. The van der Waals surface area contributed by atoms with E-state index < -0.39 is 0 Å². The Bertz CT molecular complexity index is 802. The average Bonchev–Trinajstić information content (AvgIpc) is 3.01. The summed E-state index contributed by atoms with van der Waals surface area (Å²) in [5, 5.41) is 16.5. The molecule has 0 aliphatic carbocycles. The molecule has 3 rings (SSSR count). The molecule has 2 N–H and O–H groups in total. The van der Waals surface area contributed by atoms with Crippen molar-refractivity contribution in [3.05, 3.63) is 64.5 Å². The minimum atomic E-state index is 0.0548. The third-order valence-corrected chi connectivity index (χ3v) is 3.97. The normalized spacial score (nSPS) is 11.0. The van der Waals surface area contributed by atoms with Crippen molar-refractivity contribution in [2.45, 2.75) is 0 Å². The van der Waals surface area contributed by atoms with Crippen molar-refractivity contribution in [2.75, 3.05) is 5.43 Å². The van der Waals surface area contributed by atoms with Gasteiger partial charge < -0.3 is 5.11 Å². The van der Waals surface area contributed by atoms with Gasteiger partial charge in [-0.3, -0.25) is 5.43 Å². The lowest BCUT2D eigenvalue weighted by Gasteiger charge is -1.98. The van der Waals surface area contributed by atoms with Crippen molar-refractivity contribution in [3.63, 3.8) is 0 Å². The summed E-state index contributed by atoms with van der Waals surface area (Å²) in [4.78, 5) is 4.47. The highest BCUT2D eigenvalue weighted by atomic mass is 35.5. The van der Waals surface area contributed by atoms with E-state index in [1.165, 1.54) is 17.4 Å². The number of nitrogens with one attached hydrogen (secondary N) is 1. The van der Waals surface area contributed by atoms with Crippen LogP contribution in [0.2, 0.25) is 5.02 Å². The fourth-order valence-corrected chi connectivity index (χ4v) is 2.69. The number of hydrogen-bond donors (Lipinski definition) is 2. The first-order valence-electron chi connectivity index (χ1n) is 6.51. The van der Waals surface area contributed by atoms with Crippen molar-refractivity contribution in [1.29, 1.82) is 0 Å². The van der Waals surface area contributed by atoms with Crippen LogP contribution in [0.1, 0.15) is 5.56 Å². The van der Waals surface area contributed by atoms with E-state index in [4.69, 9.17) is 11.6 Å². The average molecular weight is 330 g/mol. The zero-order valence-electron chi connectivity index (χ0n) is 11.4. The number of anilines is 1. The molecule has 0 aliphatic heterocycles. The lowest BCUT2D eigenvalue weighted by atomic mass is 10.2. The molecular formula is C16H12ClN3OS. The quantitative estimate of drug-likeness (QED) is 0.542. The van der Waals surface area contributed by atoms with Crippen LogP contribution < -0.4 is 5.43 Å². The van der Waals surface area contributed by atoms with Crippen LogP contribution in [-0.2, 0) is 0 Å². The van der Waals surface area contributed by atoms with Crippen LogP contribution in [0.5, 0.6) is 5.75 Å². The zero-order chi connectivity index (χ0) is 15.4. The molecule has 0 saturated heterocycles. The molecule has 0 saturated carbocycles. The van der Waals surface area contributed by atoms with Crippen LogP contribution >= 0.6 is 22.9 Å². The summed E-state index contributed by atoms with van der Waals surface area (Å²) in [5.74, 6) is 0.0548. The molecule has 4 nitrogen and oxygen atoms in total. The van der Waals surface area contributed by atoms with Crippen molar-refractivity contribution >= 4 is 34.3 Å².